The smallest absolute Gasteiger partial charge is 0.289 e. The first-order valence-corrected chi connectivity index (χ1v) is 8.81. The molecule has 0 aliphatic carbocycles. The number of likely N-dealkylation sites (tertiary alicyclic amines) is 1. The molecule has 1 N–H and O–H groups in total. The summed E-state index contributed by atoms with van der Waals surface area (Å²) in [7, 11) is 0. The molecule has 0 atom stereocenters. The highest BCUT2D eigenvalue weighted by Crippen LogP contribution is 2.19. The van der Waals surface area contributed by atoms with Gasteiger partial charge in [-0.1, -0.05) is 11.6 Å². The molecule has 2 heterocycles. The Labute approximate surface area is 153 Å². The Morgan fingerprint density at radius 1 is 1.12 bits per heavy atom. The molecule has 1 saturated heterocycles. The minimum absolute atomic E-state index is 0.0561. The number of halogens is 2. The topological polar surface area (TPSA) is 62.6 Å². The fourth-order valence-electron chi connectivity index (χ4n) is 2.68. The van der Waals surface area contributed by atoms with Gasteiger partial charge in [-0.2, -0.15) is 0 Å². The van der Waals surface area contributed by atoms with E-state index < -0.39 is 0 Å². The van der Waals surface area contributed by atoms with E-state index in [1.54, 1.807) is 41.3 Å². The maximum Gasteiger partial charge on any atom is 0.289 e. The summed E-state index contributed by atoms with van der Waals surface area (Å²) in [4.78, 5) is 26.3. The number of amides is 2. The van der Waals surface area contributed by atoms with Crippen LogP contribution in [0.3, 0.4) is 0 Å². The van der Waals surface area contributed by atoms with E-state index in [0.29, 0.717) is 46.9 Å². The van der Waals surface area contributed by atoms with Crippen molar-refractivity contribution in [3.8, 4) is 0 Å². The molecule has 5 nitrogen and oxygen atoms in total. The summed E-state index contributed by atoms with van der Waals surface area (Å²) in [5.41, 5.74) is 0.582. The fourth-order valence-corrected chi connectivity index (χ4v) is 3.11. The third kappa shape index (κ3) is 3.99. The lowest BCUT2D eigenvalue weighted by Gasteiger charge is -2.31. The molecule has 24 heavy (non-hydrogen) atoms. The molecule has 1 aromatic carbocycles. The SMILES string of the molecule is O=C(NC1CCN(C(=O)c2ccc(Br)o2)CC1)c1ccc(Cl)cc1. The Kier molecular flexibility index (Phi) is 5.26. The van der Waals surface area contributed by atoms with E-state index in [1.807, 2.05) is 0 Å². The van der Waals surface area contributed by atoms with Crippen molar-refractivity contribution in [2.24, 2.45) is 0 Å². The maximum absolute atomic E-state index is 12.3. The van der Waals surface area contributed by atoms with Crippen molar-refractivity contribution < 1.29 is 14.0 Å². The largest absolute Gasteiger partial charge is 0.444 e. The molecule has 7 heteroatoms. The van der Waals surface area contributed by atoms with Crippen molar-refractivity contribution >= 4 is 39.3 Å². The first-order chi connectivity index (χ1) is 11.5. The van der Waals surface area contributed by atoms with Crippen LogP contribution in [-0.2, 0) is 0 Å². The molecule has 0 unspecified atom stereocenters. The van der Waals surface area contributed by atoms with Crippen LogP contribution in [0, 0.1) is 0 Å². The zero-order valence-electron chi connectivity index (χ0n) is 12.8. The van der Waals surface area contributed by atoms with Gasteiger partial charge in [0.1, 0.15) is 0 Å². The molecule has 0 radical (unpaired) electrons. The Morgan fingerprint density at radius 3 is 2.38 bits per heavy atom. The Hall–Kier alpha value is -1.79. The van der Waals surface area contributed by atoms with E-state index in [-0.39, 0.29) is 17.9 Å². The van der Waals surface area contributed by atoms with Gasteiger partial charge in [0.15, 0.2) is 10.4 Å². The fraction of sp³-hybridized carbons (Fsp3) is 0.294. The summed E-state index contributed by atoms with van der Waals surface area (Å²) >= 11 is 9.02. The summed E-state index contributed by atoms with van der Waals surface area (Å²) in [5.74, 6) is 0.0834. The summed E-state index contributed by atoms with van der Waals surface area (Å²) in [6.07, 6.45) is 1.43. The number of hydrogen-bond acceptors (Lipinski definition) is 3. The lowest BCUT2D eigenvalue weighted by molar-refractivity contribution is 0.0666. The van der Waals surface area contributed by atoms with Gasteiger partial charge in [0, 0.05) is 29.7 Å². The molecule has 2 aromatic rings. The van der Waals surface area contributed by atoms with Gasteiger partial charge in [-0.15, -0.1) is 0 Å². The molecule has 3 rings (SSSR count). The average Bonchev–Trinajstić information content (AvgIpc) is 3.02. The lowest BCUT2D eigenvalue weighted by atomic mass is 10.0. The third-order valence-electron chi connectivity index (χ3n) is 4.01. The van der Waals surface area contributed by atoms with Gasteiger partial charge >= 0.3 is 0 Å². The summed E-state index contributed by atoms with van der Waals surface area (Å²) in [6, 6.07) is 10.2. The number of furan rings is 1. The van der Waals surface area contributed by atoms with Crippen LogP contribution in [0.2, 0.25) is 5.02 Å². The highest BCUT2D eigenvalue weighted by atomic mass is 79.9. The van der Waals surface area contributed by atoms with E-state index in [2.05, 4.69) is 21.2 Å². The van der Waals surface area contributed by atoms with Crippen molar-refractivity contribution in [1.82, 2.24) is 10.2 Å². The van der Waals surface area contributed by atoms with Gasteiger partial charge < -0.3 is 14.6 Å². The highest BCUT2D eigenvalue weighted by Gasteiger charge is 2.26. The predicted octanol–water partition coefficient (Wildman–Crippen LogP) is 3.73. The Balaban J connectivity index is 1.52. The number of nitrogens with one attached hydrogen (secondary N) is 1. The van der Waals surface area contributed by atoms with E-state index in [1.165, 1.54) is 0 Å². The molecule has 1 fully saturated rings. The summed E-state index contributed by atoms with van der Waals surface area (Å²) in [6.45, 7) is 1.17. The molecule has 2 amide bonds. The normalized spacial score (nSPS) is 15.3. The minimum Gasteiger partial charge on any atom is -0.444 e. The zero-order chi connectivity index (χ0) is 17.1. The quantitative estimate of drug-likeness (QED) is 0.837. The van der Waals surface area contributed by atoms with Gasteiger partial charge in [-0.25, -0.2) is 0 Å². The minimum atomic E-state index is -0.122. The molecule has 126 valence electrons. The summed E-state index contributed by atoms with van der Waals surface area (Å²) in [5, 5.41) is 3.61. The van der Waals surface area contributed by atoms with Crippen LogP contribution in [0.5, 0.6) is 0 Å². The van der Waals surface area contributed by atoms with Gasteiger partial charge in [-0.3, -0.25) is 9.59 Å². The first-order valence-electron chi connectivity index (χ1n) is 7.64. The molecule has 1 aliphatic heterocycles. The second-order valence-corrected chi connectivity index (χ2v) is 6.87. The maximum atomic E-state index is 12.3. The molecule has 0 bridgehead atoms. The van der Waals surface area contributed by atoms with Crippen LogP contribution in [-0.4, -0.2) is 35.8 Å². The Morgan fingerprint density at radius 2 is 1.79 bits per heavy atom. The van der Waals surface area contributed by atoms with Crippen molar-refractivity contribution in [2.45, 2.75) is 18.9 Å². The van der Waals surface area contributed by atoms with Gasteiger partial charge in [-0.05, 0) is 65.2 Å². The molecular weight excluding hydrogens is 396 g/mol. The number of carbonyl (C=O) groups excluding carboxylic acids is 2. The number of benzene rings is 1. The van der Waals surface area contributed by atoms with Crippen LogP contribution in [0.25, 0.3) is 0 Å². The Bertz CT molecular complexity index is 737. The average molecular weight is 412 g/mol. The molecular formula is C17H16BrClN2O3. The lowest BCUT2D eigenvalue weighted by Crippen LogP contribution is -2.46. The first kappa shape index (κ1) is 17.0. The van der Waals surface area contributed by atoms with Crippen LogP contribution >= 0.6 is 27.5 Å². The highest BCUT2D eigenvalue weighted by molar-refractivity contribution is 9.10. The second kappa shape index (κ2) is 7.40. The van der Waals surface area contributed by atoms with E-state index in [0.717, 1.165) is 0 Å². The predicted molar refractivity (Wildman–Crippen MR) is 94.3 cm³/mol. The van der Waals surface area contributed by atoms with Gasteiger partial charge in [0.05, 0.1) is 0 Å². The van der Waals surface area contributed by atoms with Crippen molar-refractivity contribution in [1.29, 1.82) is 0 Å². The van der Waals surface area contributed by atoms with E-state index in [4.69, 9.17) is 16.0 Å². The van der Waals surface area contributed by atoms with Gasteiger partial charge in [0.2, 0.25) is 0 Å². The van der Waals surface area contributed by atoms with Crippen LogP contribution in [0.1, 0.15) is 33.8 Å². The zero-order valence-corrected chi connectivity index (χ0v) is 15.1. The monoisotopic (exact) mass is 410 g/mol. The molecule has 0 spiro atoms. The third-order valence-corrected chi connectivity index (χ3v) is 4.69. The van der Waals surface area contributed by atoms with Crippen LogP contribution in [0.15, 0.2) is 45.5 Å². The molecule has 1 aromatic heterocycles. The molecule has 0 saturated carbocycles. The standard InChI is InChI=1S/C17H16BrClN2O3/c18-15-6-5-14(24-15)17(23)21-9-7-13(8-10-21)20-16(22)11-1-3-12(19)4-2-11/h1-6,13H,7-10H2,(H,20,22). The number of rotatable bonds is 3. The van der Waals surface area contributed by atoms with Crippen molar-refractivity contribution in [3.63, 3.8) is 0 Å². The van der Waals surface area contributed by atoms with E-state index in [9.17, 15) is 9.59 Å². The second-order valence-electron chi connectivity index (χ2n) is 5.65. The number of nitrogens with zero attached hydrogens (tertiary/aromatic N) is 1. The van der Waals surface area contributed by atoms with Crippen molar-refractivity contribution in [3.05, 3.63) is 57.4 Å². The number of hydrogen-bond donors (Lipinski definition) is 1. The van der Waals surface area contributed by atoms with Crippen LogP contribution < -0.4 is 5.32 Å². The van der Waals surface area contributed by atoms with Crippen LogP contribution in [0.4, 0.5) is 0 Å². The van der Waals surface area contributed by atoms with Crippen molar-refractivity contribution in [2.75, 3.05) is 13.1 Å². The molecule has 1 aliphatic rings. The number of carbonyl (C=O) groups is 2. The number of piperidine rings is 1. The van der Waals surface area contributed by atoms with Gasteiger partial charge in [0.25, 0.3) is 11.8 Å². The summed E-state index contributed by atoms with van der Waals surface area (Å²) < 4.78 is 5.84. The van der Waals surface area contributed by atoms with E-state index >= 15 is 0 Å².